The number of amides is 1. The fourth-order valence-electron chi connectivity index (χ4n) is 4.80. The third kappa shape index (κ3) is 3.44. The number of nitrogens with zero attached hydrogens (tertiary/aromatic N) is 5. The Hall–Kier alpha value is -2.67. The standard InChI is InChI=1S/C22H28N6O/c1-26-10-5-4-8-19(26)22-25-24-20-9-11-27(12-13-28(20)22)21(29)14-16-15-23-18-7-3-2-6-17(16)18/h2-3,6-7,15,19,23H,4-5,8-14H2,1H3/t19-/m0/s1. The molecule has 0 aliphatic carbocycles. The second kappa shape index (κ2) is 7.63. The number of fused-ring (bicyclic) bond motifs is 2. The van der Waals surface area contributed by atoms with Crippen LogP contribution in [-0.4, -0.2) is 62.1 Å². The molecule has 1 atom stereocenters. The van der Waals surface area contributed by atoms with Crippen LogP contribution in [0.1, 0.15) is 42.5 Å². The van der Waals surface area contributed by atoms with Crippen molar-refractivity contribution in [2.24, 2.45) is 0 Å². The van der Waals surface area contributed by atoms with Crippen molar-refractivity contribution in [2.75, 3.05) is 26.7 Å². The van der Waals surface area contributed by atoms with Crippen LogP contribution in [-0.2, 0) is 24.2 Å². The second-order valence-corrected chi connectivity index (χ2v) is 8.29. The summed E-state index contributed by atoms with van der Waals surface area (Å²) in [5.74, 6) is 2.28. The molecule has 7 heteroatoms. The van der Waals surface area contributed by atoms with E-state index in [2.05, 4.69) is 37.8 Å². The van der Waals surface area contributed by atoms with Gasteiger partial charge in [0.15, 0.2) is 0 Å². The van der Waals surface area contributed by atoms with Gasteiger partial charge in [0, 0.05) is 43.2 Å². The van der Waals surface area contributed by atoms with Crippen LogP contribution in [0, 0.1) is 0 Å². The van der Waals surface area contributed by atoms with Crippen LogP contribution in [0.25, 0.3) is 10.9 Å². The van der Waals surface area contributed by atoms with Crippen LogP contribution in [0.3, 0.4) is 0 Å². The molecular weight excluding hydrogens is 364 g/mol. The number of nitrogens with one attached hydrogen (secondary N) is 1. The summed E-state index contributed by atoms with van der Waals surface area (Å²) >= 11 is 0. The van der Waals surface area contributed by atoms with Crippen LogP contribution < -0.4 is 0 Å². The van der Waals surface area contributed by atoms with Crippen LogP contribution in [0.5, 0.6) is 0 Å². The molecule has 152 valence electrons. The number of carbonyl (C=O) groups excluding carboxylic acids is 1. The average Bonchev–Trinajstić information content (AvgIpc) is 3.26. The molecule has 0 radical (unpaired) electrons. The molecule has 2 aliphatic rings. The maximum Gasteiger partial charge on any atom is 0.227 e. The third-order valence-electron chi connectivity index (χ3n) is 6.49. The van der Waals surface area contributed by atoms with E-state index in [9.17, 15) is 4.79 Å². The van der Waals surface area contributed by atoms with Crippen molar-refractivity contribution in [3.05, 3.63) is 47.7 Å². The van der Waals surface area contributed by atoms with E-state index in [0.717, 1.165) is 60.6 Å². The third-order valence-corrected chi connectivity index (χ3v) is 6.49. The molecule has 1 N–H and O–H groups in total. The zero-order valence-corrected chi connectivity index (χ0v) is 17.0. The van der Waals surface area contributed by atoms with Gasteiger partial charge in [-0.15, -0.1) is 10.2 Å². The summed E-state index contributed by atoms with van der Waals surface area (Å²) in [6, 6.07) is 8.50. The molecule has 5 rings (SSSR count). The summed E-state index contributed by atoms with van der Waals surface area (Å²) in [5.41, 5.74) is 2.15. The first kappa shape index (κ1) is 18.4. The smallest absolute Gasteiger partial charge is 0.227 e. The van der Waals surface area contributed by atoms with Crippen LogP contribution in [0.4, 0.5) is 0 Å². The molecular formula is C22H28N6O. The lowest BCUT2D eigenvalue weighted by Gasteiger charge is -2.32. The summed E-state index contributed by atoms with van der Waals surface area (Å²) < 4.78 is 2.27. The van der Waals surface area contributed by atoms with Gasteiger partial charge in [-0.2, -0.15) is 0 Å². The van der Waals surface area contributed by atoms with E-state index < -0.39 is 0 Å². The van der Waals surface area contributed by atoms with E-state index in [0.29, 0.717) is 19.0 Å². The SMILES string of the molecule is CN1CCCC[C@H]1c1nnc2n1CCN(C(=O)Cc1c[nH]c3ccccc13)CC2. The Labute approximate surface area is 170 Å². The van der Waals surface area contributed by atoms with Gasteiger partial charge in [0.1, 0.15) is 11.6 Å². The molecule has 3 aromatic rings. The molecule has 29 heavy (non-hydrogen) atoms. The second-order valence-electron chi connectivity index (χ2n) is 8.29. The Bertz CT molecular complexity index is 1020. The number of hydrogen-bond acceptors (Lipinski definition) is 4. The average molecular weight is 393 g/mol. The Kier molecular flexibility index (Phi) is 4.83. The molecule has 0 unspecified atom stereocenters. The summed E-state index contributed by atoms with van der Waals surface area (Å²) in [6.45, 7) is 3.32. The Balaban J connectivity index is 1.30. The molecule has 4 heterocycles. The maximum atomic E-state index is 13.0. The topological polar surface area (TPSA) is 70.1 Å². The van der Waals surface area contributed by atoms with Gasteiger partial charge in [0.2, 0.25) is 5.91 Å². The van der Waals surface area contributed by atoms with E-state index in [1.807, 2.05) is 29.3 Å². The number of H-pyrrole nitrogens is 1. The van der Waals surface area contributed by atoms with Crippen LogP contribution >= 0.6 is 0 Å². The Morgan fingerprint density at radius 1 is 1.14 bits per heavy atom. The number of piperidine rings is 1. The lowest BCUT2D eigenvalue weighted by Crippen LogP contribution is -2.35. The molecule has 2 aliphatic heterocycles. The number of rotatable bonds is 3. The van der Waals surface area contributed by atoms with Crippen LogP contribution in [0.2, 0.25) is 0 Å². The highest BCUT2D eigenvalue weighted by Gasteiger charge is 2.29. The van der Waals surface area contributed by atoms with Gasteiger partial charge in [-0.05, 0) is 38.1 Å². The highest BCUT2D eigenvalue weighted by atomic mass is 16.2. The highest BCUT2D eigenvalue weighted by molar-refractivity contribution is 5.88. The number of para-hydroxylation sites is 1. The van der Waals surface area contributed by atoms with Crippen molar-refractivity contribution < 1.29 is 4.79 Å². The zero-order valence-electron chi connectivity index (χ0n) is 17.0. The quantitative estimate of drug-likeness (QED) is 0.744. The van der Waals surface area contributed by atoms with Crippen LogP contribution in [0.15, 0.2) is 30.5 Å². The predicted molar refractivity (Wildman–Crippen MR) is 112 cm³/mol. The molecule has 1 saturated heterocycles. The summed E-state index contributed by atoms with van der Waals surface area (Å²) in [6.07, 6.45) is 6.80. The maximum absolute atomic E-state index is 13.0. The number of likely N-dealkylation sites (tertiary alicyclic amines) is 1. The fraction of sp³-hybridized carbons (Fsp3) is 0.500. The number of aromatic amines is 1. The number of hydrogen-bond donors (Lipinski definition) is 1. The first-order chi connectivity index (χ1) is 14.2. The van der Waals surface area contributed by atoms with Gasteiger partial charge >= 0.3 is 0 Å². The van der Waals surface area contributed by atoms with Crippen molar-refractivity contribution >= 4 is 16.8 Å². The van der Waals surface area contributed by atoms with Gasteiger partial charge in [-0.25, -0.2) is 0 Å². The minimum Gasteiger partial charge on any atom is -0.361 e. The van der Waals surface area contributed by atoms with Crippen molar-refractivity contribution in [1.29, 1.82) is 0 Å². The van der Waals surface area contributed by atoms with Gasteiger partial charge < -0.3 is 14.5 Å². The lowest BCUT2D eigenvalue weighted by atomic mass is 10.0. The molecule has 7 nitrogen and oxygen atoms in total. The van der Waals surface area contributed by atoms with Gasteiger partial charge in [0.25, 0.3) is 0 Å². The first-order valence-electron chi connectivity index (χ1n) is 10.7. The van der Waals surface area contributed by atoms with E-state index in [-0.39, 0.29) is 5.91 Å². The molecule has 0 spiro atoms. The highest BCUT2D eigenvalue weighted by Crippen LogP contribution is 2.29. The van der Waals surface area contributed by atoms with Crippen molar-refractivity contribution in [3.8, 4) is 0 Å². The van der Waals surface area contributed by atoms with E-state index in [1.54, 1.807) is 0 Å². The molecule has 1 fully saturated rings. The zero-order chi connectivity index (χ0) is 19.8. The Morgan fingerprint density at radius 2 is 2.03 bits per heavy atom. The monoisotopic (exact) mass is 392 g/mol. The van der Waals surface area contributed by atoms with E-state index in [1.165, 1.54) is 12.8 Å². The molecule has 0 saturated carbocycles. The fourth-order valence-corrected chi connectivity index (χ4v) is 4.80. The number of benzene rings is 1. The van der Waals surface area contributed by atoms with Gasteiger partial charge in [-0.1, -0.05) is 24.6 Å². The van der Waals surface area contributed by atoms with E-state index in [4.69, 9.17) is 0 Å². The summed E-state index contributed by atoms with van der Waals surface area (Å²) in [5, 5.41) is 10.2. The minimum absolute atomic E-state index is 0.185. The largest absolute Gasteiger partial charge is 0.361 e. The van der Waals surface area contributed by atoms with Crippen molar-refractivity contribution in [1.82, 2.24) is 29.5 Å². The van der Waals surface area contributed by atoms with Crippen molar-refractivity contribution in [3.63, 3.8) is 0 Å². The van der Waals surface area contributed by atoms with Gasteiger partial charge in [-0.3, -0.25) is 9.69 Å². The summed E-state index contributed by atoms with van der Waals surface area (Å²) in [4.78, 5) is 20.7. The lowest BCUT2D eigenvalue weighted by molar-refractivity contribution is -0.130. The van der Waals surface area contributed by atoms with E-state index >= 15 is 0 Å². The first-order valence-corrected chi connectivity index (χ1v) is 10.7. The normalized spacial score (nSPS) is 20.6. The number of carbonyl (C=O) groups is 1. The summed E-state index contributed by atoms with van der Waals surface area (Å²) in [7, 11) is 2.18. The molecule has 2 aromatic heterocycles. The van der Waals surface area contributed by atoms with Crippen molar-refractivity contribution in [2.45, 2.75) is 44.7 Å². The molecule has 1 amide bonds. The number of aromatic nitrogens is 4. The minimum atomic E-state index is 0.185. The van der Waals surface area contributed by atoms with Gasteiger partial charge in [0.05, 0.1) is 12.5 Å². The molecule has 0 bridgehead atoms. The molecule has 1 aromatic carbocycles. The predicted octanol–water partition coefficient (Wildman–Crippen LogP) is 2.54. The Morgan fingerprint density at radius 3 is 2.93 bits per heavy atom.